The lowest BCUT2D eigenvalue weighted by Gasteiger charge is -2.16. The van der Waals surface area contributed by atoms with E-state index >= 15 is 0 Å². The molecule has 1 unspecified atom stereocenters. The van der Waals surface area contributed by atoms with E-state index in [-0.39, 0.29) is 0 Å². The minimum absolute atomic E-state index is 0.502. The summed E-state index contributed by atoms with van der Waals surface area (Å²) in [5.74, 6) is 1.46. The molecular formula is C15H25NO2. The van der Waals surface area contributed by atoms with Crippen molar-refractivity contribution in [2.75, 3.05) is 26.9 Å². The number of benzene rings is 1. The summed E-state index contributed by atoms with van der Waals surface area (Å²) in [5, 5.41) is 0. The van der Waals surface area contributed by atoms with Gasteiger partial charge in [-0.1, -0.05) is 18.2 Å². The van der Waals surface area contributed by atoms with Crippen molar-refractivity contribution in [3.63, 3.8) is 0 Å². The second-order valence-electron chi connectivity index (χ2n) is 4.46. The van der Waals surface area contributed by atoms with Gasteiger partial charge in [-0.05, 0) is 50.3 Å². The van der Waals surface area contributed by atoms with E-state index in [1.807, 2.05) is 25.1 Å². The molecule has 1 aromatic carbocycles. The number of ether oxygens (including phenoxy) is 2. The summed E-state index contributed by atoms with van der Waals surface area (Å²) in [5.41, 5.74) is 7.09. The highest BCUT2D eigenvalue weighted by molar-refractivity contribution is 5.33. The molecule has 0 fully saturated rings. The molecule has 0 heterocycles. The maximum atomic E-state index is 5.85. The fraction of sp³-hybridized carbons (Fsp3) is 0.600. The smallest absolute Gasteiger partial charge is 0.122 e. The largest absolute Gasteiger partial charge is 0.496 e. The van der Waals surface area contributed by atoms with Crippen molar-refractivity contribution in [1.82, 2.24) is 0 Å². The van der Waals surface area contributed by atoms with Crippen molar-refractivity contribution in [2.24, 2.45) is 11.7 Å². The zero-order valence-corrected chi connectivity index (χ0v) is 11.5. The zero-order valence-electron chi connectivity index (χ0n) is 11.5. The number of para-hydroxylation sites is 1. The summed E-state index contributed by atoms with van der Waals surface area (Å²) in [4.78, 5) is 0. The molecule has 3 heteroatoms. The molecule has 0 bridgehead atoms. The van der Waals surface area contributed by atoms with Gasteiger partial charge in [0.25, 0.3) is 0 Å². The SMILES string of the molecule is CCOCCCC(CN)Cc1ccccc1OC. The molecule has 0 saturated heterocycles. The molecule has 0 aliphatic rings. The highest BCUT2D eigenvalue weighted by atomic mass is 16.5. The van der Waals surface area contributed by atoms with E-state index < -0.39 is 0 Å². The van der Waals surface area contributed by atoms with E-state index in [1.54, 1.807) is 7.11 Å². The van der Waals surface area contributed by atoms with Gasteiger partial charge in [-0.3, -0.25) is 0 Å². The molecule has 1 rings (SSSR count). The van der Waals surface area contributed by atoms with Gasteiger partial charge in [-0.25, -0.2) is 0 Å². The maximum Gasteiger partial charge on any atom is 0.122 e. The summed E-state index contributed by atoms with van der Waals surface area (Å²) in [7, 11) is 1.71. The predicted molar refractivity (Wildman–Crippen MR) is 75.0 cm³/mol. The van der Waals surface area contributed by atoms with Crippen LogP contribution in [0.2, 0.25) is 0 Å². The molecular weight excluding hydrogens is 226 g/mol. The lowest BCUT2D eigenvalue weighted by atomic mass is 9.94. The Hall–Kier alpha value is -1.06. The van der Waals surface area contributed by atoms with Gasteiger partial charge in [0.1, 0.15) is 5.75 Å². The van der Waals surface area contributed by atoms with Crippen molar-refractivity contribution < 1.29 is 9.47 Å². The first kappa shape index (κ1) is 15.0. The average Bonchev–Trinajstić information content (AvgIpc) is 2.42. The summed E-state index contributed by atoms with van der Waals surface area (Å²) >= 11 is 0. The summed E-state index contributed by atoms with van der Waals surface area (Å²) in [6.07, 6.45) is 3.16. The van der Waals surface area contributed by atoms with Crippen molar-refractivity contribution in [3.8, 4) is 5.75 Å². The van der Waals surface area contributed by atoms with Crippen LogP contribution in [0.3, 0.4) is 0 Å². The third-order valence-corrected chi connectivity index (χ3v) is 3.14. The predicted octanol–water partition coefficient (Wildman–Crippen LogP) is 2.63. The first-order valence-electron chi connectivity index (χ1n) is 6.71. The van der Waals surface area contributed by atoms with E-state index in [2.05, 4.69) is 6.07 Å². The molecule has 0 amide bonds. The Morgan fingerprint density at radius 2 is 2.06 bits per heavy atom. The number of nitrogens with two attached hydrogens (primary N) is 1. The van der Waals surface area contributed by atoms with E-state index in [1.165, 1.54) is 5.56 Å². The van der Waals surface area contributed by atoms with E-state index in [0.717, 1.165) is 38.2 Å². The quantitative estimate of drug-likeness (QED) is 0.686. The molecule has 3 nitrogen and oxygen atoms in total. The molecule has 0 spiro atoms. The van der Waals surface area contributed by atoms with Crippen LogP contribution < -0.4 is 10.5 Å². The Morgan fingerprint density at radius 1 is 1.28 bits per heavy atom. The minimum Gasteiger partial charge on any atom is -0.496 e. The Bertz CT molecular complexity index is 328. The van der Waals surface area contributed by atoms with Gasteiger partial charge in [0.15, 0.2) is 0 Å². The van der Waals surface area contributed by atoms with Crippen LogP contribution in [-0.2, 0) is 11.2 Å². The van der Waals surface area contributed by atoms with Crippen LogP contribution in [0.1, 0.15) is 25.3 Å². The van der Waals surface area contributed by atoms with Crippen molar-refractivity contribution in [1.29, 1.82) is 0 Å². The van der Waals surface area contributed by atoms with Crippen LogP contribution in [0.25, 0.3) is 0 Å². The van der Waals surface area contributed by atoms with Crippen LogP contribution >= 0.6 is 0 Å². The van der Waals surface area contributed by atoms with Crippen LogP contribution in [-0.4, -0.2) is 26.9 Å². The number of methoxy groups -OCH3 is 1. The molecule has 0 radical (unpaired) electrons. The zero-order chi connectivity index (χ0) is 13.2. The van der Waals surface area contributed by atoms with Crippen molar-refractivity contribution >= 4 is 0 Å². The lowest BCUT2D eigenvalue weighted by Crippen LogP contribution is -2.18. The highest BCUT2D eigenvalue weighted by Crippen LogP contribution is 2.22. The number of rotatable bonds is 9. The second kappa shape index (κ2) is 8.95. The first-order valence-corrected chi connectivity index (χ1v) is 6.71. The summed E-state index contributed by atoms with van der Waals surface area (Å²) in [6, 6.07) is 8.16. The third-order valence-electron chi connectivity index (χ3n) is 3.14. The van der Waals surface area contributed by atoms with Gasteiger partial charge in [0.05, 0.1) is 7.11 Å². The monoisotopic (exact) mass is 251 g/mol. The fourth-order valence-corrected chi connectivity index (χ4v) is 2.10. The normalized spacial score (nSPS) is 12.4. The van der Waals surface area contributed by atoms with Crippen LogP contribution in [0, 0.1) is 5.92 Å². The summed E-state index contributed by atoms with van der Waals surface area (Å²) in [6.45, 7) is 4.36. The van der Waals surface area contributed by atoms with Gasteiger partial charge in [0, 0.05) is 13.2 Å². The molecule has 0 aliphatic carbocycles. The van der Waals surface area contributed by atoms with Gasteiger partial charge in [-0.15, -0.1) is 0 Å². The Morgan fingerprint density at radius 3 is 2.72 bits per heavy atom. The maximum absolute atomic E-state index is 5.85. The molecule has 0 aliphatic heterocycles. The van der Waals surface area contributed by atoms with E-state index in [4.69, 9.17) is 15.2 Å². The summed E-state index contributed by atoms with van der Waals surface area (Å²) < 4.78 is 10.7. The van der Waals surface area contributed by atoms with E-state index in [0.29, 0.717) is 12.5 Å². The number of hydrogen-bond acceptors (Lipinski definition) is 3. The third kappa shape index (κ3) is 5.07. The standard InChI is InChI=1S/C15H25NO2/c1-3-18-10-6-7-13(12-16)11-14-8-4-5-9-15(14)17-2/h4-5,8-9,13H,3,6-7,10-12,16H2,1-2H3. The topological polar surface area (TPSA) is 44.5 Å². The number of hydrogen-bond donors (Lipinski definition) is 1. The van der Waals surface area contributed by atoms with Crippen molar-refractivity contribution in [2.45, 2.75) is 26.2 Å². The van der Waals surface area contributed by atoms with Crippen LogP contribution in [0.15, 0.2) is 24.3 Å². The van der Waals surface area contributed by atoms with Gasteiger partial charge < -0.3 is 15.2 Å². The van der Waals surface area contributed by atoms with Gasteiger partial charge in [-0.2, -0.15) is 0 Å². The first-order chi connectivity index (χ1) is 8.81. The molecule has 0 aromatic heterocycles. The lowest BCUT2D eigenvalue weighted by molar-refractivity contribution is 0.139. The molecule has 1 aromatic rings. The minimum atomic E-state index is 0.502. The Labute approximate surface area is 110 Å². The van der Waals surface area contributed by atoms with Gasteiger partial charge in [0.2, 0.25) is 0 Å². The Balaban J connectivity index is 2.46. The fourth-order valence-electron chi connectivity index (χ4n) is 2.10. The van der Waals surface area contributed by atoms with Crippen LogP contribution in [0.5, 0.6) is 5.75 Å². The molecule has 18 heavy (non-hydrogen) atoms. The van der Waals surface area contributed by atoms with E-state index in [9.17, 15) is 0 Å². The Kier molecular flexibility index (Phi) is 7.46. The molecule has 2 N–H and O–H groups in total. The highest BCUT2D eigenvalue weighted by Gasteiger charge is 2.10. The van der Waals surface area contributed by atoms with Crippen molar-refractivity contribution in [3.05, 3.63) is 29.8 Å². The molecule has 0 saturated carbocycles. The average molecular weight is 251 g/mol. The molecule has 1 atom stereocenters. The second-order valence-corrected chi connectivity index (χ2v) is 4.46. The molecule has 102 valence electrons. The van der Waals surface area contributed by atoms with Gasteiger partial charge >= 0.3 is 0 Å². The van der Waals surface area contributed by atoms with Crippen LogP contribution in [0.4, 0.5) is 0 Å².